The first-order chi connectivity index (χ1) is 9.84. The number of Topliss-reactive ketones (excluding diaryl/α,β-unsaturated/α-hetero) is 1. The number of ketones is 1. The topological polar surface area (TPSA) is 59.8 Å². The number of benzene rings is 1. The van der Waals surface area contributed by atoms with Gasteiger partial charge < -0.3 is 5.32 Å². The van der Waals surface area contributed by atoms with Gasteiger partial charge in [0.2, 0.25) is 0 Å². The maximum Gasteiger partial charge on any atom is 0.182 e. The van der Waals surface area contributed by atoms with Gasteiger partial charge in [0.25, 0.3) is 0 Å². The van der Waals surface area contributed by atoms with E-state index < -0.39 is 0 Å². The lowest BCUT2D eigenvalue weighted by Crippen LogP contribution is -2.12. The van der Waals surface area contributed by atoms with Crippen LogP contribution in [-0.4, -0.2) is 33.9 Å². The Kier molecular flexibility index (Phi) is 3.87. The van der Waals surface area contributed by atoms with Crippen molar-refractivity contribution in [3.63, 3.8) is 0 Å². The molecule has 1 aliphatic rings. The molecule has 3 rings (SSSR count). The number of nitrogens with one attached hydrogen (secondary N) is 1. The van der Waals surface area contributed by atoms with Gasteiger partial charge in [-0.1, -0.05) is 23.4 Å². The molecule has 1 unspecified atom stereocenters. The van der Waals surface area contributed by atoms with Gasteiger partial charge in [0.05, 0.1) is 11.9 Å². The third-order valence-corrected chi connectivity index (χ3v) is 3.78. The minimum atomic E-state index is 0.116. The number of aromatic nitrogens is 3. The second-order valence-corrected chi connectivity index (χ2v) is 5.19. The van der Waals surface area contributed by atoms with E-state index in [1.807, 2.05) is 30.3 Å². The molecule has 0 bridgehead atoms. The molecule has 1 atom stereocenters. The van der Waals surface area contributed by atoms with E-state index in [0.717, 1.165) is 25.2 Å². The van der Waals surface area contributed by atoms with Crippen molar-refractivity contribution in [3.8, 4) is 5.69 Å². The second kappa shape index (κ2) is 5.96. The van der Waals surface area contributed by atoms with E-state index in [4.69, 9.17) is 0 Å². The molecule has 2 aromatic rings. The predicted octanol–water partition coefficient (Wildman–Crippen LogP) is 1.84. The first kappa shape index (κ1) is 13.0. The SMILES string of the molecule is O=C(CCC1CCNC1)c1cnnn1-c1ccccc1. The van der Waals surface area contributed by atoms with E-state index in [-0.39, 0.29) is 5.78 Å². The molecule has 1 fully saturated rings. The van der Waals surface area contributed by atoms with E-state index in [9.17, 15) is 4.79 Å². The van der Waals surface area contributed by atoms with Crippen LogP contribution in [0.4, 0.5) is 0 Å². The predicted molar refractivity (Wildman–Crippen MR) is 75.9 cm³/mol. The van der Waals surface area contributed by atoms with Crippen LogP contribution in [0.25, 0.3) is 5.69 Å². The summed E-state index contributed by atoms with van der Waals surface area (Å²) in [6.45, 7) is 2.10. The summed E-state index contributed by atoms with van der Waals surface area (Å²) in [6.07, 6.45) is 4.23. The lowest BCUT2D eigenvalue weighted by atomic mass is 10.00. The number of carbonyl (C=O) groups excluding carboxylic acids is 1. The minimum absolute atomic E-state index is 0.116. The molecule has 1 aliphatic heterocycles. The molecule has 0 saturated carbocycles. The highest BCUT2D eigenvalue weighted by Crippen LogP contribution is 2.17. The Morgan fingerprint density at radius 2 is 2.20 bits per heavy atom. The third-order valence-electron chi connectivity index (χ3n) is 3.78. The van der Waals surface area contributed by atoms with Crippen molar-refractivity contribution in [1.82, 2.24) is 20.3 Å². The van der Waals surface area contributed by atoms with Gasteiger partial charge >= 0.3 is 0 Å². The zero-order valence-electron chi connectivity index (χ0n) is 11.3. The average Bonchev–Trinajstić information content (AvgIpc) is 3.17. The normalized spacial score (nSPS) is 18.3. The van der Waals surface area contributed by atoms with E-state index in [1.54, 1.807) is 10.9 Å². The highest BCUT2D eigenvalue weighted by atomic mass is 16.1. The molecule has 1 N–H and O–H groups in total. The molecule has 2 heterocycles. The molecule has 0 radical (unpaired) electrons. The summed E-state index contributed by atoms with van der Waals surface area (Å²) in [5.41, 5.74) is 1.44. The van der Waals surface area contributed by atoms with Crippen LogP contribution in [-0.2, 0) is 0 Å². The first-order valence-corrected chi connectivity index (χ1v) is 7.04. The van der Waals surface area contributed by atoms with Gasteiger partial charge in [0.1, 0.15) is 5.69 Å². The molecule has 20 heavy (non-hydrogen) atoms. The lowest BCUT2D eigenvalue weighted by Gasteiger charge is -2.08. The third kappa shape index (κ3) is 2.77. The van der Waals surface area contributed by atoms with Crippen molar-refractivity contribution < 1.29 is 4.79 Å². The van der Waals surface area contributed by atoms with Gasteiger partial charge in [-0.15, -0.1) is 5.10 Å². The van der Waals surface area contributed by atoms with Gasteiger partial charge in [-0.3, -0.25) is 4.79 Å². The summed E-state index contributed by atoms with van der Waals surface area (Å²) < 4.78 is 1.62. The van der Waals surface area contributed by atoms with Crippen LogP contribution in [0.1, 0.15) is 29.8 Å². The van der Waals surface area contributed by atoms with Crippen molar-refractivity contribution in [1.29, 1.82) is 0 Å². The standard InChI is InChI=1S/C15H18N4O/c20-15(7-6-12-8-9-16-10-12)14-11-17-18-19(14)13-4-2-1-3-5-13/h1-5,11-12,16H,6-10H2. The van der Waals surface area contributed by atoms with E-state index in [0.29, 0.717) is 18.0 Å². The number of rotatable bonds is 5. The molecule has 104 valence electrons. The maximum atomic E-state index is 12.3. The largest absolute Gasteiger partial charge is 0.316 e. The highest BCUT2D eigenvalue weighted by molar-refractivity contribution is 5.94. The smallest absolute Gasteiger partial charge is 0.182 e. The summed E-state index contributed by atoms with van der Waals surface area (Å²) in [5.74, 6) is 0.741. The fraction of sp³-hybridized carbons (Fsp3) is 0.400. The van der Waals surface area contributed by atoms with Crippen LogP contribution < -0.4 is 5.32 Å². The molecule has 0 spiro atoms. The van der Waals surface area contributed by atoms with E-state index in [2.05, 4.69) is 15.6 Å². The Balaban J connectivity index is 1.70. The Labute approximate surface area is 118 Å². The molecule has 5 nitrogen and oxygen atoms in total. The van der Waals surface area contributed by atoms with Crippen LogP contribution in [0.3, 0.4) is 0 Å². The number of hydrogen-bond donors (Lipinski definition) is 1. The monoisotopic (exact) mass is 270 g/mol. The molecule has 0 aliphatic carbocycles. The van der Waals surface area contributed by atoms with Crippen LogP contribution >= 0.6 is 0 Å². The Bertz CT molecular complexity index is 573. The van der Waals surface area contributed by atoms with Crippen LogP contribution in [0.5, 0.6) is 0 Å². The molecule has 0 amide bonds. The van der Waals surface area contributed by atoms with Gasteiger partial charge in [0.15, 0.2) is 5.78 Å². The van der Waals surface area contributed by atoms with Crippen molar-refractivity contribution in [2.45, 2.75) is 19.3 Å². The molecule has 1 aromatic carbocycles. The first-order valence-electron chi connectivity index (χ1n) is 7.04. The van der Waals surface area contributed by atoms with Crippen molar-refractivity contribution >= 4 is 5.78 Å². The number of nitrogens with zero attached hydrogens (tertiary/aromatic N) is 3. The zero-order valence-corrected chi connectivity index (χ0v) is 11.3. The van der Waals surface area contributed by atoms with Gasteiger partial charge in [-0.25, -0.2) is 4.68 Å². The van der Waals surface area contributed by atoms with Gasteiger partial charge in [0, 0.05) is 6.42 Å². The summed E-state index contributed by atoms with van der Waals surface area (Å²) >= 11 is 0. The summed E-state index contributed by atoms with van der Waals surface area (Å²) in [7, 11) is 0. The fourth-order valence-corrected chi connectivity index (χ4v) is 2.61. The number of hydrogen-bond acceptors (Lipinski definition) is 4. The Morgan fingerprint density at radius 3 is 2.95 bits per heavy atom. The van der Waals surface area contributed by atoms with Crippen molar-refractivity contribution in [2.24, 2.45) is 5.92 Å². The summed E-state index contributed by atoms with van der Waals surface area (Å²) in [6, 6.07) is 9.64. The van der Waals surface area contributed by atoms with E-state index >= 15 is 0 Å². The highest BCUT2D eigenvalue weighted by Gasteiger charge is 2.19. The minimum Gasteiger partial charge on any atom is -0.316 e. The van der Waals surface area contributed by atoms with Crippen molar-refractivity contribution in [2.75, 3.05) is 13.1 Å². The summed E-state index contributed by atoms with van der Waals surface area (Å²) in [4.78, 5) is 12.3. The summed E-state index contributed by atoms with van der Waals surface area (Å²) in [5, 5.41) is 11.2. The molecule has 1 saturated heterocycles. The van der Waals surface area contributed by atoms with Crippen LogP contribution in [0, 0.1) is 5.92 Å². The number of carbonyl (C=O) groups is 1. The Morgan fingerprint density at radius 1 is 1.35 bits per heavy atom. The zero-order chi connectivity index (χ0) is 13.8. The van der Waals surface area contributed by atoms with E-state index in [1.165, 1.54) is 6.42 Å². The molecular formula is C15H18N4O. The fourth-order valence-electron chi connectivity index (χ4n) is 2.61. The number of para-hydroxylation sites is 1. The quantitative estimate of drug-likeness (QED) is 0.842. The second-order valence-electron chi connectivity index (χ2n) is 5.19. The molecule has 5 heteroatoms. The van der Waals surface area contributed by atoms with Crippen LogP contribution in [0.2, 0.25) is 0 Å². The van der Waals surface area contributed by atoms with Crippen molar-refractivity contribution in [3.05, 3.63) is 42.2 Å². The lowest BCUT2D eigenvalue weighted by molar-refractivity contribution is 0.0967. The molecular weight excluding hydrogens is 252 g/mol. The maximum absolute atomic E-state index is 12.3. The Hall–Kier alpha value is -2.01. The van der Waals surface area contributed by atoms with Gasteiger partial charge in [-0.2, -0.15) is 0 Å². The van der Waals surface area contributed by atoms with Gasteiger partial charge in [-0.05, 0) is 44.0 Å². The average molecular weight is 270 g/mol. The molecule has 1 aromatic heterocycles. The van der Waals surface area contributed by atoms with Crippen LogP contribution in [0.15, 0.2) is 36.5 Å².